The molecule has 0 amide bonds. The summed E-state index contributed by atoms with van der Waals surface area (Å²) in [6.07, 6.45) is 0. The van der Waals surface area contributed by atoms with Crippen molar-refractivity contribution < 1.29 is 191 Å². The van der Waals surface area contributed by atoms with Crippen LogP contribution >= 0.6 is 0 Å². The van der Waals surface area contributed by atoms with Gasteiger partial charge >= 0.3 is 154 Å². The molecule has 6 atom stereocenters. The van der Waals surface area contributed by atoms with Gasteiger partial charge in [0, 0.05) is 243 Å². The van der Waals surface area contributed by atoms with Gasteiger partial charge in [-0.15, -0.1) is 6.54 Å². The van der Waals surface area contributed by atoms with Crippen LogP contribution in [0.2, 0.25) is 0 Å². The van der Waals surface area contributed by atoms with Crippen molar-refractivity contribution in [3.8, 4) is 0 Å². The fraction of sp³-hybridized carbons (Fsp3) is 0.667. The predicted octanol–water partition coefficient (Wildman–Crippen LogP) is -8.71. The van der Waals surface area contributed by atoms with E-state index in [0.717, 1.165) is 0 Å². The molecule has 0 aromatic rings. The van der Waals surface area contributed by atoms with E-state index >= 15 is 0 Å². The molecule has 0 spiro atoms. The van der Waals surface area contributed by atoms with Crippen molar-refractivity contribution in [2.24, 2.45) is 63.1 Å². The zero-order chi connectivity index (χ0) is 31.7. The summed E-state index contributed by atoms with van der Waals surface area (Å²) >= 11 is 0. The molecule has 0 saturated heterocycles. The van der Waals surface area contributed by atoms with E-state index in [1.165, 1.54) is 0 Å². The Balaban J connectivity index is -0.00000000518. The Morgan fingerprint density at radius 3 is 0.421 bits per heavy atom. The minimum atomic E-state index is -0.264. The molecular weight excluding hydrogens is 2510 g/mol. The minimum absolute atomic E-state index is 0. The quantitative estimate of drug-likeness (QED) is 0.0754. The molecule has 6 unspecified atom stereocenters. The van der Waals surface area contributed by atoms with E-state index in [2.05, 4.69) is 0 Å². The van der Waals surface area contributed by atoms with Crippen LogP contribution in [0, 0.1) is 71.0 Å². The Labute approximate surface area is 552 Å². The van der Waals surface area contributed by atoms with Gasteiger partial charge in [0.05, 0.1) is 0 Å². The molecule has 0 saturated carbocycles. The second kappa shape index (κ2) is 254. The van der Waals surface area contributed by atoms with Gasteiger partial charge in [-0.1, -0.05) is 0 Å². The molecule has 18 radical (unpaired) electrons. The summed E-state index contributed by atoms with van der Waals surface area (Å²) in [5.41, 5.74) is 65.0. The second-order valence-electron chi connectivity index (χ2n) is 5.37. The number of nitrogens with two attached hydrogens (primary N) is 14. The number of hydrogen-bond donors (Lipinski definition) is 11. The van der Waals surface area contributed by atoms with E-state index in [1.54, 1.807) is 0 Å². The van der Waals surface area contributed by atoms with Crippen LogP contribution in [0.1, 0.15) is 0 Å². The first kappa shape index (κ1) is 221. The summed E-state index contributed by atoms with van der Waals surface area (Å²) in [4.78, 5) is 0. The van der Waals surface area contributed by atoms with Crippen molar-refractivity contribution in [1.29, 1.82) is 31.6 Å². The molecule has 0 aliphatic rings. The van der Waals surface area contributed by atoms with E-state index in [1.807, 2.05) is 0 Å². The van der Waals surface area contributed by atoms with E-state index in [0.29, 0.717) is 32.7 Å². The van der Waals surface area contributed by atoms with Crippen molar-refractivity contribution in [2.45, 2.75) is 36.3 Å². The Morgan fingerprint density at radius 2 is 0.386 bits per heavy atom. The Morgan fingerprint density at radius 1 is 0.316 bits per heavy atom. The van der Waals surface area contributed by atoms with Gasteiger partial charge in [-0.05, 0) is 0 Å². The van der Waals surface area contributed by atoms with Crippen LogP contribution in [-0.2, 0) is 191 Å². The predicted molar refractivity (Wildman–Crippen MR) is 205 cm³/mol. The fourth-order valence-corrected chi connectivity index (χ4v) is 1.03. The zero-order valence-electron chi connectivity index (χ0n) is 29.0. The Kier molecular flexibility index (Phi) is 984. The summed E-state index contributed by atoms with van der Waals surface area (Å²) in [6, 6.07) is -1.09. The van der Waals surface area contributed by atoms with Crippen LogP contribution in [0.3, 0.4) is 0 Å². The molecule has 0 heterocycles. The fourth-order valence-electron chi connectivity index (χ4n) is 1.03. The summed E-state index contributed by atoms with van der Waals surface area (Å²) in [6.45, 7) is 30.6. The number of hydrogen-bond acceptors (Lipinski definition) is 17. The van der Waals surface area contributed by atoms with Crippen LogP contribution in [-0.4, -0.2) is 212 Å². The molecule has 374 valence electrons. The van der Waals surface area contributed by atoms with Crippen LogP contribution in [0.4, 0.5) is 0 Å². The van der Waals surface area contributed by atoms with Crippen LogP contribution in [0.5, 0.6) is 0 Å². The summed E-state index contributed by atoms with van der Waals surface area (Å²) in [5.74, 6) is 0. The van der Waals surface area contributed by atoms with Gasteiger partial charge in [-0.2, -0.15) is 0 Å². The van der Waals surface area contributed by atoms with Gasteiger partial charge in [0.25, 0.3) is 0 Å². The summed E-state index contributed by atoms with van der Waals surface area (Å²) < 4.78 is 0. The summed E-state index contributed by atoms with van der Waals surface area (Å²) in [7, 11) is 0. The van der Waals surface area contributed by atoms with E-state index in [-0.39, 0.29) is 389 Å². The maximum atomic E-state index is 6.78. The molecule has 0 aromatic heterocycles. The van der Waals surface area contributed by atoms with Crippen molar-refractivity contribution in [2.75, 3.05) is 39.3 Å². The third-order valence-electron chi connectivity index (χ3n) is 3.25. The van der Waals surface area contributed by atoms with Crippen molar-refractivity contribution in [3.05, 3.63) is 63.6 Å². The molecule has 57 heavy (non-hydrogen) atoms. The molecule has 21 nitrogen and oxygen atoms in total. The molecule has 0 aliphatic heterocycles. The van der Waals surface area contributed by atoms with Crippen molar-refractivity contribution >= 4 is 137 Å². The van der Waals surface area contributed by atoms with Gasteiger partial charge in [0.15, 0.2) is 0 Å². The third-order valence-corrected chi connectivity index (χ3v) is 3.25. The van der Waals surface area contributed by atoms with E-state index in [9.17, 15) is 0 Å². The normalized spacial score (nSPS) is 7.79. The van der Waals surface area contributed by atoms with Crippen LogP contribution in [0.25, 0.3) is 24.2 Å². The van der Waals surface area contributed by atoms with E-state index in [4.69, 9.17) is 140 Å². The standard InChI is InChI=1S/2C4H14N4.C4H13N4.6CN.4Cu.3H2N.6Re.8HSe/c3*5-1-3(7)4(8)2-6;6*1-2;;;;;;;;;;;;;;;;;;;;;/h2*3-4H,1-2,5-8H2;3-5H,1-2,6-8H2;;;;;;;;;;;3*1H2;;;;;;;8*1H/q;;7*-1;;;;+2;3*-1;;;;;;;;;;;;;;. The SMILES string of the molecule is NCC(N)C(N)CN.NCC(N)C(N)CN.[C-]#N.[C-]#N.[C-]#N.[C-]#N.[C-]#N.[C-]#N.[Cu+2].[Cu].[Cu].[Cu].[NH-]CC(N)C(N)CN.[NH2-].[NH2-].[NH2-].[Re].[Re].[Re].[Re].[Re].[Re].[SeH].[SeH].[SeH].[SeH].[SeH].[SeH].[SeH].[SeH]. The molecule has 0 aromatic carbocycles. The van der Waals surface area contributed by atoms with Gasteiger partial charge in [0.1, 0.15) is 0 Å². The summed E-state index contributed by atoms with van der Waals surface area (Å²) in [5, 5.41) is 37.5. The Bertz CT molecular complexity index is 434. The zero-order valence-corrected chi connectivity index (χ0v) is 64.1. The topological polar surface area (TPSA) is 553 Å². The number of nitrogens with one attached hydrogen (secondary N) is 1. The second-order valence-corrected chi connectivity index (χ2v) is 5.37. The first-order chi connectivity index (χ1) is 17.2. The molecule has 39 heteroatoms. The van der Waals surface area contributed by atoms with Crippen molar-refractivity contribution in [1.82, 2.24) is 0 Å². The average molecular weight is 2570 g/mol. The monoisotopic (exact) mass is 2580 g/mol. The van der Waals surface area contributed by atoms with Crippen LogP contribution < -0.4 is 63.1 Å². The molecule has 0 aliphatic carbocycles. The van der Waals surface area contributed by atoms with Gasteiger partial charge in [-0.3, -0.25) is 0 Å². The van der Waals surface area contributed by atoms with Crippen molar-refractivity contribution in [3.63, 3.8) is 0 Å². The number of rotatable bonds is 9. The first-order valence-electron chi connectivity index (χ1n) is 9.19. The van der Waals surface area contributed by atoms with Gasteiger partial charge in [-0.25, -0.2) is 0 Å². The van der Waals surface area contributed by atoms with E-state index < -0.39 is 0 Å². The van der Waals surface area contributed by atoms with Gasteiger partial charge < -0.3 is 158 Å². The van der Waals surface area contributed by atoms with Gasteiger partial charge in [0.2, 0.25) is 0 Å². The molecule has 0 bridgehead atoms. The average Bonchev–Trinajstić information content (AvgIpc) is 3.01. The molecule has 0 rings (SSSR count). The molecule has 0 fully saturated rings. The number of nitrogens with zero attached hydrogens (tertiary/aromatic N) is 6. The molecule has 29 N–H and O–H groups in total. The molecular formula is C18H55Cu4N21Re6Se8-8. The van der Waals surface area contributed by atoms with Crippen LogP contribution in [0.15, 0.2) is 0 Å². The maximum absolute atomic E-state index is 6.78. The first-order valence-corrected chi connectivity index (χ1v) is 9.19. The Hall–Kier alpha value is 6.55. The third kappa shape index (κ3) is 246.